The van der Waals surface area contributed by atoms with Gasteiger partial charge in [0.05, 0.1) is 12.7 Å². The average molecular weight is 398 g/mol. The number of oxazole rings is 1. The Labute approximate surface area is 175 Å². The van der Waals surface area contributed by atoms with Crippen molar-refractivity contribution in [2.24, 2.45) is 0 Å². The Morgan fingerprint density at radius 2 is 1.67 bits per heavy atom. The molecule has 4 rings (SSSR count). The third-order valence-corrected chi connectivity index (χ3v) is 4.84. The summed E-state index contributed by atoms with van der Waals surface area (Å²) in [6, 6.07) is 22.5. The molecule has 0 amide bonds. The molecule has 4 aromatic rings. The molecule has 3 aromatic carbocycles. The van der Waals surface area contributed by atoms with Crippen molar-refractivity contribution in [3.63, 3.8) is 0 Å². The first-order valence-corrected chi connectivity index (χ1v) is 9.59. The van der Waals surface area contributed by atoms with E-state index in [1.54, 1.807) is 31.4 Å². The molecule has 0 N–H and O–H groups in total. The number of methoxy groups -OCH3 is 1. The number of nitrogens with zero attached hydrogens (tertiary/aromatic N) is 2. The number of anilines is 1. The largest absolute Gasteiger partial charge is 0.497 e. The van der Waals surface area contributed by atoms with E-state index in [1.807, 2.05) is 73.6 Å². The van der Waals surface area contributed by atoms with Gasteiger partial charge in [0.2, 0.25) is 5.89 Å². The lowest BCUT2D eigenvalue weighted by atomic mass is 10.0. The van der Waals surface area contributed by atoms with Crippen molar-refractivity contribution < 1.29 is 13.9 Å². The standard InChI is InChI=1S/C25H22N2O3/c1-27(2)19-12-8-17(9-13-19)16-21(24(28)18-10-14-20(29-3)15-11-18)25-26-22-6-4-5-7-23(22)30-25/h4-16H,1-3H3/b21-16-. The number of aromatic nitrogens is 1. The van der Waals surface area contributed by atoms with E-state index >= 15 is 0 Å². The number of hydrogen-bond donors (Lipinski definition) is 0. The van der Waals surface area contributed by atoms with Crippen molar-refractivity contribution in [2.75, 3.05) is 26.1 Å². The number of fused-ring (bicyclic) bond motifs is 1. The second kappa shape index (κ2) is 8.25. The molecule has 1 heterocycles. The molecular formula is C25H22N2O3. The number of para-hydroxylation sites is 2. The van der Waals surface area contributed by atoms with E-state index in [-0.39, 0.29) is 5.78 Å². The summed E-state index contributed by atoms with van der Waals surface area (Å²) in [6.07, 6.45) is 1.82. The van der Waals surface area contributed by atoms with Crippen LogP contribution in [0.4, 0.5) is 5.69 Å². The normalized spacial score (nSPS) is 11.5. The fourth-order valence-electron chi connectivity index (χ4n) is 3.15. The van der Waals surface area contributed by atoms with E-state index in [0.29, 0.717) is 33.9 Å². The van der Waals surface area contributed by atoms with Crippen molar-refractivity contribution in [3.05, 3.63) is 89.8 Å². The molecule has 150 valence electrons. The van der Waals surface area contributed by atoms with Gasteiger partial charge in [-0.3, -0.25) is 4.79 Å². The summed E-state index contributed by atoms with van der Waals surface area (Å²) in [4.78, 5) is 20.0. The number of carbonyl (C=O) groups excluding carboxylic acids is 1. The van der Waals surface area contributed by atoms with E-state index in [2.05, 4.69) is 4.98 Å². The van der Waals surface area contributed by atoms with Crippen LogP contribution in [0.15, 0.2) is 77.2 Å². The predicted octanol–water partition coefficient (Wildman–Crippen LogP) is 5.33. The summed E-state index contributed by atoms with van der Waals surface area (Å²) in [5.41, 5.74) is 4.26. The molecule has 0 radical (unpaired) electrons. The van der Waals surface area contributed by atoms with Crippen LogP contribution in [0.5, 0.6) is 5.75 Å². The Morgan fingerprint density at radius 1 is 0.967 bits per heavy atom. The molecule has 5 nitrogen and oxygen atoms in total. The molecular weight excluding hydrogens is 376 g/mol. The maximum atomic E-state index is 13.4. The molecule has 0 saturated carbocycles. The summed E-state index contributed by atoms with van der Waals surface area (Å²) in [5.74, 6) is 0.827. The molecule has 0 spiro atoms. The highest BCUT2D eigenvalue weighted by molar-refractivity contribution is 6.31. The summed E-state index contributed by atoms with van der Waals surface area (Å²) in [7, 11) is 5.57. The zero-order valence-corrected chi connectivity index (χ0v) is 17.1. The van der Waals surface area contributed by atoms with Gasteiger partial charge in [-0.15, -0.1) is 0 Å². The molecule has 1 aromatic heterocycles. The zero-order chi connectivity index (χ0) is 21.1. The van der Waals surface area contributed by atoms with Crippen LogP contribution >= 0.6 is 0 Å². The average Bonchev–Trinajstić information content (AvgIpc) is 3.21. The molecule has 0 bridgehead atoms. The van der Waals surface area contributed by atoms with Gasteiger partial charge in [0, 0.05) is 25.3 Å². The second-order valence-electron chi connectivity index (χ2n) is 7.09. The van der Waals surface area contributed by atoms with Gasteiger partial charge in [-0.2, -0.15) is 0 Å². The molecule has 0 saturated heterocycles. The third kappa shape index (κ3) is 3.96. The fourth-order valence-corrected chi connectivity index (χ4v) is 3.15. The SMILES string of the molecule is COc1ccc(C(=O)/C(=C/c2ccc(N(C)C)cc2)c2nc3ccccc3o2)cc1. The number of rotatable bonds is 6. The van der Waals surface area contributed by atoms with Gasteiger partial charge in [-0.25, -0.2) is 4.98 Å². The van der Waals surface area contributed by atoms with Gasteiger partial charge < -0.3 is 14.1 Å². The molecule has 0 aliphatic heterocycles. The fraction of sp³-hybridized carbons (Fsp3) is 0.120. The monoisotopic (exact) mass is 398 g/mol. The summed E-state index contributed by atoms with van der Waals surface area (Å²) < 4.78 is 11.1. The van der Waals surface area contributed by atoms with Crippen molar-refractivity contribution in [3.8, 4) is 5.75 Å². The van der Waals surface area contributed by atoms with Gasteiger partial charge >= 0.3 is 0 Å². The maximum Gasteiger partial charge on any atom is 0.231 e. The molecule has 0 atom stereocenters. The van der Waals surface area contributed by atoms with Crippen molar-refractivity contribution in [2.45, 2.75) is 0 Å². The van der Waals surface area contributed by atoms with E-state index in [4.69, 9.17) is 9.15 Å². The maximum absolute atomic E-state index is 13.4. The highest BCUT2D eigenvalue weighted by Gasteiger charge is 2.20. The first kappa shape index (κ1) is 19.5. The summed E-state index contributed by atoms with van der Waals surface area (Å²) in [6.45, 7) is 0. The minimum atomic E-state index is -0.166. The minimum absolute atomic E-state index is 0.166. The molecule has 0 aliphatic rings. The summed E-state index contributed by atoms with van der Waals surface area (Å²) in [5, 5.41) is 0. The molecule has 0 unspecified atom stereocenters. The Hall–Kier alpha value is -3.86. The number of Topliss-reactive ketones (excluding diaryl/α,β-unsaturated/α-hetero) is 1. The van der Waals surface area contributed by atoms with Crippen LogP contribution in [0, 0.1) is 0 Å². The van der Waals surface area contributed by atoms with E-state index in [1.165, 1.54) is 0 Å². The summed E-state index contributed by atoms with van der Waals surface area (Å²) >= 11 is 0. The van der Waals surface area contributed by atoms with Gasteiger partial charge in [0.25, 0.3) is 0 Å². The van der Waals surface area contributed by atoms with Crippen molar-refractivity contribution in [1.82, 2.24) is 4.98 Å². The van der Waals surface area contributed by atoms with Gasteiger partial charge in [0.1, 0.15) is 11.3 Å². The van der Waals surface area contributed by atoms with Crippen LogP contribution in [-0.4, -0.2) is 32.0 Å². The lowest BCUT2D eigenvalue weighted by Crippen LogP contribution is -2.08. The quantitative estimate of drug-likeness (QED) is 0.325. The zero-order valence-electron chi connectivity index (χ0n) is 17.1. The first-order valence-electron chi connectivity index (χ1n) is 9.59. The van der Waals surface area contributed by atoms with Crippen LogP contribution in [0.3, 0.4) is 0 Å². The van der Waals surface area contributed by atoms with Crippen molar-refractivity contribution in [1.29, 1.82) is 0 Å². The predicted molar refractivity (Wildman–Crippen MR) is 120 cm³/mol. The van der Waals surface area contributed by atoms with E-state index < -0.39 is 0 Å². The highest BCUT2D eigenvalue weighted by atomic mass is 16.5. The van der Waals surface area contributed by atoms with Crippen molar-refractivity contribution >= 4 is 34.2 Å². The number of carbonyl (C=O) groups is 1. The lowest BCUT2D eigenvalue weighted by Gasteiger charge is -2.12. The van der Waals surface area contributed by atoms with Crippen LogP contribution in [0.25, 0.3) is 22.7 Å². The van der Waals surface area contributed by atoms with E-state index in [9.17, 15) is 4.79 Å². The molecule has 0 fully saturated rings. The van der Waals surface area contributed by atoms with Gasteiger partial charge in [0.15, 0.2) is 11.4 Å². The second-order valence-corrected chi connectivity index (χ2v) is 7.09. The van der Waals surface area contributed by atoms with E-state index in [0.717, 1.165) is 11.3 Å². The third-order valence-electron chi connectivity index (χ3n) is 4.84. The Morgan fingerprint density at radius 3 is 2.30 bits per heavy atom. The van der Waals surface area contributed by atoms with Crippen LogP contribution in [0.1, 0.15) is 21.8 Å². The Balaban J connectivity index is 1.79. The highest BCUT2D eigenvalue weighted by Crippen LogP contribution is 2.27. The van der Waals surface area contributed by atoms with Crippen LogP contribution in [-0.2, 0) is 0 Å². The molecule has 0 aliphatic carbocycles. The number of ketones is 1. The number of allylic oxidation sites excluding steroid dienone is 1. The lowest BCUT2D eigenvalue weighted by molar-refractivity contribution is 0.105. The van der Waals surface area contributed by atoms with Gasteiger partial charge in [-0.1, -0.05) is 24.3 Å². The number of ether oxygens (including phenoxy) is 1. The van der Waals surface area contributed by atoms with Crippen LogP contribution < -0.4 is 9.64 Å². The molecule has 30 heavy (non-hydrogen) atoms. The smallest absolute Gasteiger partial charge is 0.231 e. The minimum Gasteiger partial charge on any atom is -0.497 e. The Bertz CT molecular complexity index is 1170. The Kier molecular flexibility index (Phi) is 5.35. The topological polar surface area (TPSA) is 55.6 Å². The number of hydrogen-bond acceptors (Lipinski definition) is 5. The van der Waals surface area contributed by atoms with Gasteiger partial charge in [-0.05, 0) is 60.2 Å². The van der Waals surface area contributed by atoms with Crippen LogP contribution in [0.2, 0.25) is 0 Å². The molecule has 5 heteroatoms. The number of benzene rings is 3. The first-order chi connectivity index (χ1) is 14.5.